The molecule has 0 fully saturated rings. The van der Waals surface area contributed by atoms with Crippen LogP contribution in [0.4, 0.5) is 4.79 Å². The molecular weight excluding hydrogens is 240 g/mol. The second-order valence-corrected chi connectivity index (χ2v) is 4.76. The van der Waals surface area contributed by atoms with E-state index in [0.717, 1.165) is 0 Å². The molecular formula is C11H16N2O5. The van der Waals surface area contributed by atoms with Crippen molar-refractivity contribution in [1.82, 2.24) is 10.5 Å². The number of amides is 1. The number of H-pyrrole nitrogens is 1. The number of rotatable bonds is 3. The number of carbonyl (C=O) groups excluding carboxylic acids is 2. The third-order valence-electron chi connectivity index (χ3n) is 2.04. The second-order valence-electron chi connectivity index (χ2n) is 4.76. The number of aldehydes is 1. The van der Waals surface area contributed by atoms with E-state index in [1.165, 1.54) is 6.92 Å². The van der Waals surface area contributed by atoms with Gasteiger partial charge in [0.25, 0.3) is 5.56 Å². The zero-order valence-corrected chi connectivity index (χ0v) is 10.7. The molecule has 1 amide bonds. The lowest BCUT2D eigenvalue weighted by Crippen LogP contribution is -2.37. The summed E-state index contributed by atoms with van der Waals surface area (Å²) in [5.74, 6) is 0.244. The van der Waals surface area contributed by atoms with Crippen molar-refractivity contribution in [2.45, 2.75) is 39.3 Å². The zero-order valence-electron chi connectivity index (χ0n) is 10.7. The summed E-state index contributed by atoms with van der Waals surface area (Å²) in [4.78, 5) is 33.9. The molecule has 1 aromatic rings. The van der Waals surface area contributed by atoms with Crippen molar-refractivity contribution in [2.75, 3.05) is 0 Å². The number of aryl methyl sites for hydroxylation is 1. The Balaban J connectivity index is 2.84. The van der Waals surface area contributed by atoms with Gasteiger partial charge in [0.05, 0.1) is 5.56 Å². The van der Waals surface area contributed by atoms with Crippen molar-refractivity contribution in [3.05, 3.63) is 21.7 Å². The fraction of sp³-hybridized carbons (Fsp3) is 0.545. The van der Waals surface area contributed by atoms with Gasteiger partial charge in [0.2, 0.25) is 0 Å². The highest BCUT2D eigenvalue weighted by molar-refractivity contribution is 5.74. The summed E-state index contributed by atoms with van der Waals surface area (Å²) in [5, 5.41) is 4.39. The first-order valence-electron chi connectivity index (χ1n) is 5.37. The van der Waals surface area contributed by atoms with Crippen LogP contribution in [0.1, 0.15) is 38.1 Å². The van der Waals surface area contributed by atoms with E-state index in [-0.39, 0.29) is 11.3 Å². The molecule has 7 heteroatoms. The predicted molar refractivity (Wildman–Crippen MR) is 62.2 cm³/mol. The number of hydrogen-bond donors (Lipinski definition) is 2. The molecule has 0 aliphatic rings. The van der Waals surface area contributed by atoms with Gasteiger partial charge in [-0.3, -0.25) is 4.79 Å². The number of nitrogens with one attached hydrogen (secondary N) is 2. The summed E-state index contributed by atoms with van der Waals surface area (Å²) < 4.78 is 9.77. The highest BCUT2D eigenvalue weighted by Crippen LogP contribution is 2.13. The van der Waals surface area contributed by atoms with E-state index in [2.05, 4.69) is 10.5 Å². The Kier molecular flexibility index (Phi) is 3.95. The van der Waals surface area contributed by atoms with Crippen molar-refractivity contribution >= 4 is 12.4 Å². The zero-order chi connectivity index (χ0) is 13.9. The molecule has 0 spiro atoms. The van der Waals surface area contributed by atoms with Crippen molar-refractivity contribution < 1.29 is 18.8 Å². The lowest BCUT2D eigenvalue weighted by Gasteiger charge is -2.21. The molecule has 0 aromatic carbocycles. The first kappa shape index (κ1) is 14.0. The third-order valence-corrected chi connectivity index (χ3v) is 2.04. The Morgan fingerprint density at radius 2 is 2.11 bits per heavy atom. The summed E-state index contributed by atoms with van der Waals surface area (Å²) >= 11 is 0. The van der Waals surface area contributed by atoms with E-state index < -0.39 is 23.3 Å². The van der Waals surface area contributed by atoms with Crippen LogP contribution in [-0.2, 0) is 9.53 Å². The molecule has 100 valence electrons. The van der Waals surface area contributed by atoms with Gasteiger partial charge in [-0.15, -0.1) is 0 Å². The largest absolute Gasteiger partial charge is 0.444 e. The van der Waals surface area contributed by atoms with Gasteiger partial charge >= 0.3 is 6.09 Å². The minimum atomic E-state index is -1.10. The van der Waals surface area contributed by atoms with Gasteiger partial charge in [-0.1, -0.05) is 0 Å². The topological polar surface area (TPSA) is 101 Å². The number of ether oxygens (including phenoxy) is 1. The molecule has 1 atom stereocenters. The van der Waals surface area contributed by atoms with Crippen LogP contribution in [0.3, 0.4) is 0 Å². The van der Waals surface area contributed by atoms with Crippen LogP contribution in [0.2, 0.25) is 0 Å². The Hall–Kier alpha value is -2.05. The minimum absolute atomic E-state index is 0.0656. The average Bonchev–Trinajstić information content (AvgIpc) is 2.53. The molecule has 1 aromatic heterocycles. The minimum Gasteiger partial charge on any atom is -0.444 e. The van der Waals surface area contributed by atoms with E-state index in [4.69, 9.17) is 9.26 Å². The van der Waals surface area contributed by atoms with Gasteiger partial charge in [-0.05, 0) is 27.7 Å². The fourth-order valence-corrected chi connectivity index (χ4v) is 1.36. The summed E-state index contributed by atoms with van der Waals surface area (Å²) in [5.41, 5.74) is -1.17. The average molecular weight is 256 g/mol. The first-order valence-corrected chi connectivity index (χ1v) is 5.37. The van der Waals surface area contributed by atoms with Gasteiger partial charge in [0, 0.05) is 0 Å². The molecule has 0 saturated carbocycles. The van der Waals surface area contributed by atoms with E-state index in [9.17, 15) is 14.4 Å². The van der Waals surface area contributed by atoms with Crippen LogP contribution in [0.25, 0.3) is 0 Å². The third kappa shape index (κ3) is 3.47. The van der Waals surface area contributed by atoms with E-state index in [1.54, 1.807) is 20.8 Å². The normalized spacial score (nSPS) is 12.9. The number of carbonyl (C=O) groups is 2. The molecule has 2 N–H and O–H groups in total. The van der Waals surface area contributed by atoms with Crippen LogP contribution in [0.5, 0.6) is 0 Å². The summed E-state index contributed by atoms with van der Waals surface area (Å²) in [6, 6.07) is -1.10. The molecule has 18 heavy (non-hydrogen) atoms. The summed E-state index contributed by atoms with van der Waals surface area (Å²) in [7, 11) is 0. The molecule has 0 saturated heterocycles. The lowest BCUT2D eigenvalue weighted by atomic mass is 10.1. The highest BCUT2D eigenvalue weighted by Gasteiger charge is 2.24. The SMILES string of the molecule is Cc1o[nH]c(=O)c1[C@@H](C=O)NC(=O)OC(C)(C)C. The van der Waals surface area contributed by atoms with Gasteiger partial charge in [0.1, 0.15) is 23.7 Å². The maximum Gasteiger partial charge on any atom is 0.408 e. The molecule has 0 unspecified atom stereocenters. The molecule has 0 aliphatic carbocycles. The maximum absolute atomic E-state index is 11.5. The lowest BCUT2D eigenvalue weighted by molar-refractivity contribution is -0.109. The van der Waals surface area contributed by atoms with Crippen molar-refractivity contribution in [1.29, 1.82) is 0 Å². The van der Waals surface area contributed by atoms with Crippen molar-refractivity contribution in [2.24, 2.45) is 0 Å². The Bertz CT molecular complexity index is 494. The molecule has 7 nitrogen and oxygen atoms in total. The molecule has 0 bridgehead atoms. The van der Waals surface area contributed by atoms with Crippen molar-refractivity contribution in [3.63, 3.8) is 0 Å². The standard InChI is InChI=1S/C11H16N2O5/c1-6-8(9(15)13-18-6)7(5-14)12-10(16)17-11(2,3)4/h5,7H,1-4H3,(H,12,16)(H,13,15)/t7-/m1/s1. The van der Waals surface area contributed by atoms with Gasteiger partial charge < -0.3 is 19.4 Å². The highest BCUT2D eigenvalue weighted by atomic mass is 16.6. The fourth-order valence-electron chi connectivity index (χ4n) is 1.36. The van der Waals surface area contributed by atoms with E-state index >= 15 is 0 Å². The summed E-state index contributed by atoms with van der Waals surface area (Å²) in [6.07, 6.45) is -0.337. The molecule has 1 heterocycles. The van der Waals surface area contributed by atoms with Gasteiger partial charge in [-0.2, -0.15) is 5.16 Å². The number of alkyl carbamates (subject to hydrolysis) is 1. The Morgan fingerprint density at radius 1 is 1.50 bits per heavy atom. The smallest absolute Gasteiger partial charge is 0.408 e. The van der Waals surface area contributed by atoms with Crippen LogP contribution in [0, 0.1) is 6.92 Å². The molecule has 0 aliphatic heterocycles. The first-order chi connectivity index (χ1) is 8.24. The predicted octanol–water partition coefficient (Wildman–Crippen LogP) is 1.04. The second kappa shape index (κ2) is 5.07. The monoisotopic (exact) mass is 256 g/mol. The van der Waals surface area contributed by atoms with Crippen LogP contribution >= 0.6 is 0 Å². The molecule has 0 radical (unpaired) electrons. The van der Waals surface area contributed by atoms with Crippen molar-refractivity contribution in [3.8, 4) is 0 Å². The maximum atomic E-state index is 11.5. The number of aromatic nitrogens is 1. The Morgan fingerprint density at radius 3 is 2.50 bits per heavy atom. The van der Waals surface area contributed by atoms with E-state index in [1.807, 2.05) is 0 Å². The van der Waals surface area contributed by atoms with Gasteiger partial charge in [-0.25, -0.2) is 4.79 Å². The van der Waals surface area contributed by atoms with Crippen LogP contribution in [0.15, 0.2) is 9.32 Å². The quantitative estimate of drug-likeness (QED) is 0.787. The molecule has 1 rings (SSSR count). The number of aromatic amines is 1. The van der Waals surface area contributed by atoms with Crippen LogP contribution < -0.4 is 10.9 Å². The van der Waals surface area contributed by atoms with Gasteiger partial charge in [0.15, 0.2) is 0 Å². The Labute approximate surface area is 103 Å². The number of hydrogen-bond acceptors (Lipinski definition) is 5. The van der Waals surface area contributed by atoms with Crippen LogP contribution in [-0.4, -0.2) is 23.1 Å². The van der Waals surface area contributed by atoms with E-state index in [0.29, 0.717) is 6.29 Å². The summed E-state index contributed by atoms with van der Waals surface area (Å²) in [6.45, 7) is 6.59.